The summed E-state index contributed by atoms with van der Waals surface area (Å²) in [5.74, 6) is 0.675. The molecule has 0 spiro atoms. The van der Waals surface area contributed by atoms with Crippen molar-refractivity contribution in [2.75, 3.05) is 18.0 Å². The minimum atomic E-state index is 0.576. The Morgan fingerprint density at radius 3 is 2.74 bits per heavy atom. The monoisotopic (exact) mass is 324 g/mol. The molecule has 106 valence electrons. The molecule has 1 N–H and O–H groups in total. The van der Waals surface area contributed by atoms with E-state index >= 15 is 0 Å². The van der Waals surface area contributed by atoms with Gasteiger partial charge in [-0.1, -0.05) is 35.8 Å². The number of aryl methyl sites for hydroxylation is 1. The normalized spacial score (nSPS) is 27.6. The van der Waals surface area contributed by atoms with E-state index in [1.165, 1.54) is 22.1 Å². The van der Waals surface area contributed by atoms with Crippen molar-refractivity contribution >= 4 is 21.6 Å². The number of hydrogen-bond donors (Lipinski definition) is 1. The summed E-state index contributed by atoms with van der Waals surface area (Å²) in [6.45, 7) is 11.3. The van der Waals surface area contributed by atoms with Gasteiger partial charge in [-0.15, -0.1) is 0 Å². The molecule has 0 aromatic heterocycles. The molecule has 1 aromatic carbocycles. The zero-order valence-corrected chi connectivity index (χ0v) is 14.0. The number of piperidine rings is 1. The summed E-state index contributed by atoms with van der Waals surface area (Å²) >= 11 is 3.65. The second-order valence-electron chi connectivity index (χ2n) is 5.68. The number of hydrogen-bond acceptors (Lipinski definition) is 2. The van der Waals surface area contributed by atoms with Crippen LogP contribution < -0.4 is 10.2 Å². The SMILES string of the molecule is CCNC1CCN(c2ccc(C)c(Br)c2)C(C)C1C. The molecular formula is C16H25BrN2. The maximum absolute atomic E-state index is 3.65. The number of nitrogens with one attached hydrogen (secondary N) is 1. The summed E-state index contributed by atoms with van der Waals surface area (Å²) in [5, 5.41) is 3.62. The second-order valence-corrected chi connectivity index (χ2v) is 6.53. The average molecular weight is 325 g/mol. The van der Waals surface area contributed by atoms with E-state index in [0.717, 1.165) is 13.1 Å². The number of halogens is 1. The number of rotatable bonds is 3. The van der Waals surface area contributed by atoms with Crippen LogP contribution in [0.3, 0.4) is 0 Å². The largest absolute Gasteiger partial charge is 0.368 e. The highest BCUT2D eigenvalue weighted by atomic mass is 79.9. The molecule has 1 heterocycles. The first-order valence-corrected chi connectivity index (χ1v) is 8.10. The molecule has 2 nitrogen and oxygen atoms in total. The molecule has 0 amide bonds. The van der Waals surface area contributed by atoms with Crippen molar-refractivity contribution < 1.29 is 0 Å². The molecule has 3 atom stereocenters. The van der Waals surface area contributed by atoms with Gasteiger partial charge in [0.05, 0.1) is 0 Å². The minimum absolute atomic E-state index is 0.576. The predicted octanol–water partition coefficient (Wildman–Crippen LogP) is 3.97. The molecule has 3 heteroatoms. The van der Waals surface area contributed by atoms with Gasteiger partial charge in [0.15, 0.2) is 0 Å². The van der Waals surface area contributed by atoms with E-state index < -0.39 is 0 Å². The molecule has 2 rings (SSSR count). The Balaban J connectivity index is 2.15. The summed E-state index contributed by atoms with van der Waals surface area (Å²) in [7, 11) is 0. The van der Waals surface area contributed by atoms with Crippen LogP contribution in [0, 0.1) is 12.8 Å². The summed E-state index contributed by atoms with van der Waals surface area (Å²) in [4.78, 5) is 2.54. The molecule has 3 unspecified atom stereocenters. The smallest absolute Gasteiger partial charge is 0.0380 e. The first kappa shape index (κ1) is 14.9. The molecule has 0 saturated carbocycles. The van der Waals surface area contributed by atoms with Crippen LogP contribution in [0.2, 0.25) is 0 Å². The van der Waals surface area contributed by atoms with E-state index in [2.05, 4.69) is 72.0 Å². The van der Waals surface area contributed by atoms with Gasteiger partial charge in [0, 0.05) is 28.8 Å². The topological polar surface area (TPSA) is 15.3 Å². The van der Waals surface area contributed by atoms with Crippen LogP contribution in [0.25, 0.3) is 0 Å². The van der Waals surface area contributed by atoms with Gasteiger partial charge in [-0.3, -0.25) is 0 Å². The van der Waals surface area contributed by atoms with E-state index in [0.29, 0.717) is 18.0 Å². The molecule has 0 aliphatic carbocycles. The van der Waals surface area contributed by atoms with Gasteiger partial charge in [0.2, 0.25) is 0 Å². The van der Waals surface area contributed by atoms with Crippen LogP contribution in [-0.4, -0.2) is 25.2 Å². The zero-order valence-electron chi connectivity index (χ0n) is 12.4. The highest BCUT2D eigenvalue weighted by Gasteiger charge is 2.31. The molecule has 0 bridgehead atoms. The third-order valence-electron chi connectivity index (χ3n) is 4.52. The quantitative estimate of drug-likeness (QED) is 0.905. The third-order valence-corrected chi connectivity index (χ3v) is 5.38. The predicted molar refractivity (Wildman–Crippen MR) is 86.9 cm³/mol. The van der Waals surface area contributed by atoms with Crippen molar-refractivity contribution in [2.45, 2.75) is 46.2 Å². The van der Waals surface area contributed by atoms with E-state index in [9.17, 15) is 0 Å². The van der Waals surface area contributed by atoms with Gasteiger partial charge in [0.1, 0.15) is 0 Å². The molecule has 0 radical (unpaired) electrons. The van der Waals surface area contributed by atoms with Crippen molar-refractivity contribution in [2.24, 2.45) is 5.92 Å². The minimum Gasteiger partial charge on any atom is -0.368 e. The summed E-state index contributed by atoms with van der Waals surface area (Å²) in [6, 6.07) is 7.94. The van der Waals surface area contributed by atoms with Gasteiger partial charge < -0.3 is 10.2 Å². The lowest BCUT2D eigenvalue weighted by Crippen LogP contribution is -2.53. The van der Waals surface area contributed by atoms with Gasteiger partial charge in [0.25, 0.3) is 0 Å². The zero-order chi connectivity index (χ0) is 14.0. The molecule has 19 heavy (non-hydrogen) atoms. The third kappa shape index (κ3) is 3.14. The number of anilines is 1. The highest BCUT2D eigenvalue weighted by Crippen LogP contribution is 2.31. The molecule has 1 aliphatic rings. The van der Waals surface area contributed by atoms with Crippen LogP contribution in [0.4, 0.5) is 5.69 Å². The van der Waals surface area contributed by atoms with Crippen molar-refractivity contribution in [3.63, 3.8) is 0 Å². The van der Waals surface area contributed by atoms with Crippen LogP contribution >= 0.6 is 15.9 Å². The van der Waals surface area contributed by atoms with Crippen LogP contribution in [-0.2, 0) is 0 Å². The Morgan fingerprint density at radius 1 is 1.37 bits per heavy atom. The first-order valence-electron chi connectivity index (χ1n) is 7.30. The standard InChI is InChI=1S/C16H25BrN2/c1-5-18-16-8-9-19(13(4)12(16)3)14-7-6-11(2)15(17)10-14/h6-7,10,12-13,16,18H,5,8-9H2,1-4H3. The second kappa shape index (κ2) is 6.27. The Hall–Kier alpha value is -0.540. The van der Waals surface area contributed by atoms with E-state index in [-0.39, 0.29) is 0 Å². The lowest BCUT2D eigenvalue weighted by atomic mass is 9.86. The summed E-state index contributed by atoms with van der Waals surface area (Å²) in [6.07, 6.45) is 1.23. The fraction of sp³-hybridized carbons (Fsp3) is 0.625. The average Bonchev–Trinajstić information content (AvgIpc) is 2.39. The van der Waals surface area contributed by atoms with E-state index in [1.807, 2.05) is 0 Å². The molecule has 1 fully saturated rings. The van der Waals surface area contributed by atoms with Gasteiger partial charge in [-0.25, -0.2) is 0 Å². The fourth-order valence-electron chi connectivity index (χ4n) is 3.04. The molecule has 1 aliphatic heterocycles. The summed E-state index contributed by atoms with van der Waals surface area (Å²) in [5.41, 5.74) is 2.64. The summed E-state index contributed by atoms with van der Waals surface area (Å²) < 4.78 is 1.21. The van der Waals surface area contributed by atoms with Gasteiger partial charge >= 0.3 is 0 Å². The fourth-order valence-corrected chi connectivity index (χ4v) is 3.41. The van der Waals surface area contributed by atoms with Crippen molar-refractivity contribution in [3.8, 4) is 0 Å². The van der Waals surface area contributed by atoms with Crippen LogP contribution in [0.5, 0.6) is 0 Å². The van der Waals surface area contributed by atoms with Gasteiger partial charge in [-0.05, 0) is 50.4 Å². The number of benzene rings is 1. The maximum atomic E-state index is 3.65. The Labute approximate surface area is 125 Å². The van der Waals surface area contributed by atoms with Crippen molar-refractivity contribution in [1.29, 1.82) is 0 Å². The van der Waals surface area contributed by atoms with Crippen LogP contribution in [0.1, 0.15) is 32.8 Å². The highest BCUT2D eigenvalue weighted by molar-refractivity contribution is 9.10. The Morgan fingerprint density at radius 2 is 2.11 bits per heavy atom. The van der Waals surface area contributed by atoms with Crippen LogP contribution in [0.15, 0.2) is 22.7 Å². The first-order chi connectivity index (χ1) is 9.04. The molecular weight excluding hydrogens is 300 g/mol. The maximum Gasteiger partial charge on any atom is 0.0380 e. The van der Waals surface area contributed by atoms with E-state index in [4.69, 9.17) is 0 Å². The van der Waals surface area contributed by atoms with Gasteiger partial charge in [-0.2, -0.15) is 0 Å². The Kier molecular flexibility index (Phi) is 4.91. The van der Waals surface area contributed by atoms with E-state index in [1.54, 1.807) is 0 Å². The lowest BCUT2D eigenvalue weighted by molar-refractivity contribution is 0.274. The molecule has 1 aromatic rings. The van der Waals surface area contributed by atoms with Crippen molar-refractivity contribution in [3.05, 3.63) is 28.2 Å². The number of nitrogens with zero attached hydrogens (tertiary/aromatic N) is 1. The molecule has 1 saturated heterocycles. The van der Waals surface area contributed by atoms with Crippen molar-refractivity contribution in [1.82, 2.24) is 5.32 Å². The Bertz CT molecular complexity index is 433. The lowest BCUT2D eigenvalue weighted by Gasteiger charge is -2.44.